The number of unbranched alkanes of at least 4 members (excludes halogenated alkanes) is 2. The lowest BCUT2D eigenvalue weighted by molar-refractivity contribution is -0.276. The summed E-state index contributed by atoms with van der Waals surface area (Å²) in [7, 11) is 0. The van der Waals surface area contributed by atoms with E-state index in [1.54, 1.807) is 12.1 Å². The molecule has 48 heavy (non-hydrogen) atoms. The second-order valence-corrected chi connectivity index (χ2v) is 11.0. The molecule has 5 aromatic carbocycles. The van der Waals surface area contributed by atoms with E-state index in [9.17, 15) is 30.7 Å². The summed E-state index contributed by atoms with van der Waals surface area (Å²) >= 11 is 0. The normalized spacial score (nSPS) is 11.9. The van der Waals surface area contributed by atoms with Gasteiger partial charge < -0.3 is 9.47 Å². The third-order valence-corrected chi connectivity index (χ3v) is 7.57. The van der Waals surface area contributed by atoms with Gasteiger partial charge in [0.2, 0.25) is 5.75 Å². The summed E-state index contributed by atoms with van der Waals surface area (Å²) in [6.45, 7) is 2.14. The summed E-state index contributed by atoms with van der Waals surface area (Å²) in [6, 6.07) is 20.9. The molecule has 0 bridgehead atoms. The molecule has 5 aromatic rings. The maximum absolute atomic E-state index is 15.2. The minimum Gasteiger partial charge on any atom is -0.429 e. The molecular weight excluding hydrogens is 647 g/mol. The molecule has 0 heterocycles. The Hall–Kier alpha value is -4.93. The number of hydrogen-bond donors (Lipinski definition) is 0. The number of benzene rings is 5. The van der Waals surface area contributed by atoms with E-state index in [1.807, 2.05) is 24.3 Å². The molecule has 2 nitrogen and oxygen atoms in total. The molecule has 0 aliphatic heterocycles. The predicted octanol–water partition coefficient (Wildman–Crippen LogP) is 12.0. The number of ether oxygens (including phenoxy) is 2. The smallest absolute Gasteiger partial charge is 0.429 e. The van der Waals surface area contributed by atoms with Crippen molar-refractivity contribution < 1.29 is 49.0 Å². The van der Waals surface area contributed by atoms with Crippen LogP contribution in [0.1, 0.15) is 37.3 Å². The molecule has 0 radical (unpaired) electrons. The third kappa shape index (κ3) is 8.13. The predicted molar refractivity (Wildman–Crippen MR) is 163 cm³/mol. The number of hydrogen-bond acceptors (Lipinski definition) is 2. The van der Waals surface area contributed by atoms with Crippen LogP contribution in [0.15, 0.2) is 97.1 Å². The first-order valence-corrected chi connectivity index (χ1v) is 14.9. The lowest BCUT2D eigenvalue weighted by atomic mass is 9.96. The fourth-order valence-electron chi connectivity index (χ4n) is 5.15. The Morgan fingerprint density at radius 2 is 1.04 bits per heavy atom. The molecule has 0 spiro atoms. The summed E-state index contributed by atoms with van der Waals surface area (Å²) in [4.78, 5) is 0. The first-order chi connectivity index (χ1) is 22.7. The maximum Gasteiger partial charge on any atom is 0.573 e. The van der Waals surface area contributed by atoms with Crippen molar-refractivity contribution >= 4 is 0 Å². The quantitative estimate of drug-likeness (QED) is 0.103. The van der Waals surface area contributed by atoms with Gasteiger partial charge in [-0.1, -0.05) is 80.4 Å². The minimum atomic E-state index is -5.42. The van der Waals surface area contributed by atoms with Gasteiger partial charge in [-0.3, -0.25) is 0 Å². The van der Waals surface area contributed by atoms with E-state index in [-0.39, 0.29) is 34.4 Å². The average molecular weight is 675 g/mol. The van der Waals surface area contributed by atoms with Crippen LogP contribution in [0.25, 0.3) is 33.4 Å². The fraction of sp³-hybridized carbons (Fsp3) is 0.189. The molecule has 0 saturated carbocycles. The molecule has 0 N–H and O–H groups in total. The van der Waals surface area contributed by atoms with Crippen LogP contribution in [0.5, 0.6) is 11.5 Å². The topological polar surface area (TPSA) is 18.5 Å². The Morgan fingerprint density at radius 3 is 1.60 bits per heavy atom. The van der Waals surface area contributed by atoms with E-state index in [4.69, 9.17) is 0 Å². The van der Waals surface area contributed by atoms with Crippen LogP contribution in [0.3, 0.4) is 0 Å². The van der Waals surface area contributed by atoms with E-state index in [0.29, 0.717) is 5.56 Å². The Kier molecular flexibility index (Phi) is 10.1. The number of alkyl halides is 5. The maximum atomic E-state index is 15.2. The first-order valence-electron chi connectivity index (χ1n) is 14.9. The molecule has 0 aliphatic carbocycles. The zero-order valence-electron chi connectivity index (χ0n) is 25.3. The molecule has 0 aromatic heterocycles. The second kappa shape index (κ2) is 14.0. The molecule has 0 saturated heterocycles. The molecule has 11 heteroatoms. The Bertz CT molecular complexity index is 1860. The van der Waals surface area contributed by atoms with Crippen LogP contribution >= 0.6 is 0 Å². The highest BCUT2D eigenvalue weighted by molar-refractivity contribution is 5.74. The number of rotatable bonds is 11. The van der Waals surface area contributed by atoms with Gasteiger partial charge in [0.25, 0.3) is 0 Å². The molecule has 0 amide bonds. The summed E-state index contributed by atoms with van der Waals surface area (Å²) < 4.78 is 133. The van der Waals surface area contributed by atoms with Gasteiger partial charge >= 0.3 is 12.5 Å². The van der Waals surface area contributed by atoms with E-state index < -0.39 is 52.8 Å². The Labute approximate surface area is 270 Å². The summed E-state index contributed by atoms with van der Waals surface area (Å²) in [5.74, 6) is -8.06. The van der Waals surface area contributed by atoms with E-state index in [2.05, 4.69) is 16.4 Å². The van der Waals surface area contributed by atoms with Gasteiger partial charge in [0.1, 0.15) is 17.4 Å². The highest BCUT2D eigenvalue weighted by atomic mass is 19.4. The molecule has 250 valence electrons. The molecule has 0 unspecified atom stereocenters. The van der Waals surface area contributed by atoms with Crippen molar-refractivity contribution in [1.29, 1.82) is 0 Å². The van der Waals surface area contributed by atoms with Crippen molar-refractivity contribution in [2.75, 3.05) is 0 Å². The van der Waals surface area contributed by atoms with Crippen LogP contribution in [-0.2, 0) is 12.5 Å². The zero-order valence-corrected chi connectivity index (χ0v) is 25.3. The zero-order chi connectivity index (χ0) is 34.6. The molecular formula is C37H27F9O2. The number of aryl methyl sites for hydroxylation is 1. The van der Waals surface area contributed by atoms with E-state index in [1.165, 1.54) is 23.8 Å². The van der Waals surface area contributed by atoms with Crippen molar-refractivity contribution in [2.24, 2.45) is 0 Å². The SMILES string of the molecule is CCCCCc1ccc(-c2ccc(-c3ccc(-c4ccc(C(F)(F)Oc5cc(F)c(OC(F)(F)F)c(F)c5)cc4)c(F)c3)c(F)c2)cc1. The summed E-state index contributed by atoms with van der Waals surface area (Å²) in [5, 5.41) is 0. The largest absolute Gasteiger partial charge is 0.573 e. The second-order valence-electron chi connectivity index (χ2n) is 11.0. The highest BCUT2D eigenvalue weighted by Crippen LogP contribution is 2.38. The van der Waals surface area contributed by atoms with Crippen molar-refractivity contribution in [2.45, 2.75) is 45.1 Å². The Morgan fingerprint density at radius 1 is 0.521 bits per heavy atom. The molecule has 0 fully saturated rings. The van der Waals surface area contributed by atoms with E-state index >= 15 is 8.78 Å². The standard InChI is InChI=1S/C37H27F9O2/c1-2-3-4-5-22-6-8-23(9-7-22)25-12-16-30(31(38)18-25)26-13-17-29(32(39)19-26)24-10-14-27(15-11-24)36(42,43)47-28-20-33(40)35(34(41)21-28)48-37(44,45)46/h6-21H,2-5H2,1H3. The van der Waals surface area contributed by atoms with Crippen LogP contribution in [0.4, 0.5) is 39.5 Å². The van der Waals surface area contributed by atoms with Gasteiger partial charge in [-0.05, 0) is 64.9 Å². The van der Waals surface area contributed by atoms with Crippen molar-refractivity contribution in [3.63, 3.8) is 0 Å². The van der Waals surface area contributed by atoms with Gasteiger partial charge in [-0.15, -0.1) is 13.2 Å². The van der Waals surface area contributed by atoms with Gasteiger partial charge in [0.15, 0.2) is 11.6 Å². The van der Waals surface area contributed by atoms with Crippen molar-refractivity contribution in [1.82, 2.24) is 0 Å². The molecule has 0 atom stereocenters. The van der Waals surface area contributed by atoms with Crippen LogP contribution in [0.2, 0.25) is 0 Å². The monoisotopic (exact) mass is 674 g/mol. The van der Waals surface area contributed by atoms with Gasteiger partial charge in [0.05, 0.1) is 5.56 Å². The Balaban J connectivity index is 1.29. The van der Waals surface area contributed by atoms with Crippen molar-refractivity contribution in [3.8, 4) is 44.9 Å². The van der Waals surface area contributed by atoms with Crippen molar-refractivity contribution in [3.05, 3.63) is 131 Å². The molecule has 5 rings (SSSR count). The first kappa shape index (κ1) is 34.4. The highest BCUT2D eigenvalue weighted by Gasteiger charge is 2.37. The van der Waals surface area contributed by atoms with Gasteiger partial charge in [-0.2, -0.15) is 8.78 Å². The lowest BCUT2D eigenvalue weighted by Gasteiger charge is -2.19. The van der Waals surface area contributed by atoms with Crippen LogP contribution < -0.4 is 9.47 Å². The van der Waals surface area contributed by atoms with Crippen LogP contribution in [0, 0.1) is 23.3 Å². The fourth-order valence-corrected chi connectivity index (χ4v) is 5.15. The lowest BCUT2D eigenvalue weighted by Crippen LogP contribution is -2.22. The summed E-state index contributed by atoms with van der Waals surface area (Å²) in [6.07, 6.45) is -5.24. The minimum absolute atomic E-state index is 0.0231. The average Bonchev–Trinajstić information content (AvgIpc) is 3.03. The third-order valence-electron chi connectivity index (χ3n) is 7.57. The number of halogens is 9. The van der Waals surface area contributed by atoms with Gasteiger partial charge in [0, 0.05) is 23.3 Å². The molecule has 0 aliphatic rings. The van der Waals surface area contributed by atoms with Crippen LogP contribution in [-0.4, -0.2) is 6.36 Å². The van der Waals surface area contributed by atoms with E-state index in [0.717, 1.165) is 61.6 Å². The summed E-state index contributed by atoms with van der Waals surface area (Å²) in [5.41, 5.74) is 2.54. The van der Waals surface area contributed by atoms with Gasteiger partial charge in [-0.25, -0.2) is 17.6 Å².